The van der Waals surface area contributed by atoms with Crippen LogP contribution in [0.3, 0.4) is 0 Å². The van der Waals surface area contributed by atoms with Crippen LogP contribution in [-0.4, -0.2) is 23.5 Å². The molecular formula is C14H17BrF3N3O. The van der Waals surface area contributed by atoms with Gasteiger partial charge in [-0.05, 0) is 33.8 Å². The highest BCUT2D eigenvalue weighted by Crippen LogP contribution is 2.41. The van der Waals surface area contributed by atoms with E-state index >= 15 is 0 Å². The Morgan fingerprint density at radius 2 is 2.18 bits per heavy atom. The van der Waals surface area contributed by atoms with Gasteiger partial charge in [-0.1, -0.05) is 13.8 Å². The second-order valence-electron chi connectivity index (χ2n) is 6.35. The Hall–Kier alpha value is -1.31. The van der Waals surface area contributed by atoms with Gasteiger partial charge in [0.1, 0.15) is 5.82 Å². The van der Waals surface area contributed by atoms with E-state index < -0.39 is 17.6 Å². The second kappa shape index (κ2) is 5.72. The van der Waals surface area contributed by atoms with Gasteiger partial charge in [-0.3, -0.25) is 4.79 Å². The van der Waals surface area contributed by atoms with Gasteiger partial charge in [0.25, 0.3) is 0 Å². The molecule has 0 aromatic carbocycles. The zero-order chi connectivity index (χ0) is 16.7. The molecule has 2 rings (SSSR count). The Morgan fingerprint density at radius 1 is 1.55 bits per heavy atom. The molecule has 122 valence electrons. The van der Waals surface area contributed by atoms with Crippen molar-refractivity contribution in [3.63, 3.8) is 0 Å². The van der Waals surface area contributed by atoms with Gasteiger partial charge in [-0.15, -0.1) is 0 Å². The monoisotopic (exact) mass is 379 g/mol. The van der Waals surface area contributed by atoms with Gasteiger partial charge in [-0.25, -0.2) is 4.98 Å². The predicted molar refractivity (Wildman–Crippen MR) is 80.3 cm³/mol. The lowest BCUT2D eigenvalue weighted by Crippen LogP contribution is -2.34. The molecule has 0 aliphatic carbocycles. The smallest absolute Gasteiger partial charge is 0.370 e. The molecule has 0 bridgehead atoms. The van der Waals surface area contributed by atoms with Crippen LogP contribution in [0.25, 0.3) is 0 Å². The fourth-order valence-electron chi connectivity index (χ4n) is 2.86. The molecule has 22 heavy (non-hydrogen) atoms. The number of hydrogen-bond acceptors (Lipinski definition) is 3. The van der Waals surface area contributed by atoms with Gasteiger partial charge in [-0.2, -0.15) is 13.2 Å². The zero-order valence-corrected chi connectivity index (χ0v) is 13.8. The first-order valence-electron chi connectivity index (χ1n) is 6.77. The van der Waals surface area contributed by atoms with Gasteiger partial charge in [0, 0.05) is 25.2 Å². The van der Waals surface area contributed by atoms with Gasteiger partial charge in [0.15, 0.2) is 0 Å². The molecule has 1 amide bonds. The van der Waals surface area contributed by atoms with Crippen LogP contribution in [-0.2, 0) is 11.0 Å². The largest absolute Gasteiger partial charge is 0.417 e. The molecule has 1 aromatic heterocycles. The number of nitrogens with two attached hydrogens (primary N) is 1. The molecule has 1 unspecified atom stereocenters. The summed E-state index contributed by atoms with van der Waals surface area (Å²) in [6, 6.07) is 0.850. The number of rotatable bonds is 3. The molecule has 2 heterocycles. The molecule has 0 radical (unpaired) electrons. The predicted octanol–water partition coefficient (Wildman–Crippen LogP) is 3.34. The standard InChI is InChI=1S/C14H17BrF3N3O/c1-13(2)5-9(4-11(19)22)21(7-13)12-10(15)3-8(6-20-12)14(16,17)18/h3,6,9H,4-5,7H2,1-2H3,(H2,19,22). The van der Waals surface area contributed by atoms with E-state index in [1.54, 1.807) is 0 Å². The zero-order valence-electron chi connectivity index (χ0n) is 12.2. The summed E-state index contributed by atoms with van der Waals surface area (Å²) in [6.07, 6.45) is -2.75. The number of primary amides is 1. The van der Waals surface area contributed by atoms with Crippen molar-refractivity contribution in [2.24, 2.45) is 11.1 Å². The lowest BCUT2D eigenvalue weighted by molar-refractivity contribution is -0.137. The fraction of sp³-hybridized carbons (Fsp3) is 0.571. The van der Waals surface area contributed by atoms with Crippen LogP contribution in [0.2, 0.25) is 0 Å². The molecule has 1 aromatic rings. The van der Waals surface area contributed by atoms with Crippen LogP contribution in [0.15, 0.2) is 16.7 Å². The van der Waals surface area contributed by atoms with Crippen molar-refractivity contribution >= 4 is 27.7 Å². The molecule has 0 spiro atoms. The van der Waals surface area contributed by atoms with Crippen LogP contribution >= 0.6 is 15.9 Å². The molecule has 8 heteroatoms. The highest BCUT2D eigenvalue weighted by molar-refractivity contribution is 9.10. The van der Waals surface area contributed by atoms with E-state index in [4.69, 9.17) is 5.73 Å². The Kier molecular flexibility index (Phi) is 4.43. The number of carbonyl (C=O) groups excluding carboxylic acids is 1. The van der Waals surface area contributed by atoms with E-state index in [9.17, 15) is 18.0 Å². The summed E-state index contributed by atoms with van der Waals surface area (Å²) in [6.45, 7) is 4.68. The number of anilines is 1. The van der Waals surface area contributed by atoms with Crippen LogP contribution in [0.4, 0.5) is 19.0 Å². The third kappa shape index (κ3) is 3.71. The number of alkyl halides is 3. The average Bonchev–Trinajstić information content (AvgIpc) is 2.62. The Balaban J connectivity index is 2.35. The molecule has 1 aliphatic heterocycles. The maximum atomic E-state index is 12.7. The quantitative estimate of drug-likeness (QED) is 0.875. The highest BCUT2D eigenvalue weighted by atomic mass is 79.9. The molecule has 1 atom stereocenters. The van der Waals surface area contributed by atoms with E-state index in [1.165, 1.54) is 0 Å². The van der Waals surface area contributed by atoms with Crippen LogP contribution in [0, 0.1) is 5.41 Å². The summed E-state index contributed by atoms with van der Waals surface area (Å²) in [7, 11) is 0. The van der Waals surface area contributed by atoms with Gasteiger partial charge in [0.2, 0.25) is 5.91 Å². The van der Waals surface area contributed by atoms with Gasteiger partial charge in [0.05, 0.1) is 10.0 Å². The molecule has 1 saturated heterocycles. The van der Waals surface area contributed by atoms with E-state index in [-0.39, 0.29) is 22.4 Å². The van der Waals surface area contributed by atoms with Crippen molar-refractivity contribution in [2.75, 3.05) is 11.4 Å². The second-order valence-corrected chi connectivity index (χ2v) is 7.20. The summed E-state index contributed by atoms with van der Waals surface area (Å²) >= 11 is 3.16. The van der Waals surface area contributed by atoms with Crippen molar-refractivity contribution in [3.8, 4) is 0 Å². The lowest BCUT2D eigenvalue weighted by atomic mass is 9.90. The first kappa shape index (κ1) is 17.1. The number of carbonyl (C=O) groups is 1. The number of hydrogen-bond donors (Lipinski definition) is 1. The van der Waals surface area contributed by atoms with Crippen molar-refractivity contribution in [3.05, 3.63) is 22.3 Å². The molecule has 4 nitrogen and oxygen atoms in total. The van der Waals surface area contributed by atoms with Crippen molar-refractivity contribution in [1.29, 1.82) is 0 Å². The first-order chi connectivity index (χ1) is 9.99. The van der Waals surface area contributed by atoms with Crippen LogP contribution in [0.1, 0.15) is 32.3 Å². The van der Waals surface area contributed by atoms with E-state index in [2.05, 4.69) is 20.9 Å². The summed E-state index contributed by atoms with van der Waals surface area (Å²) < 4.78 is 38.4. The number of pyridine rings is 1. The third-order valence-electron chi connectivity index (χ3n) is 3.69. The molecule has 0 saturated carbocycles. The third-order valence-corrected chi connectivity index (χ3v) is 4.27. The van der Waals surface area contributed by atoms with E-state index in [1.807, 2.05) is 18.7 Å². The summed E-state index contributed by atoms with van der Waals surface area (Å²) in [4.78, 5) is 17.0. The average molecular weight is 380 g/mol. The normalized spacial score (nSPS) is 21.2. The minimum Gasteiger partial charge on any atom is -0.370 e. The van der Waals surface area contributed by atoms with Crippen molar-refractivity contribution in [2.45, 2.75) is 38.9 Å². The molecule has 1 aliphatic rings. The minimum atomic E-state index is -4.44. The fourth-order valence-corrected chi connectivity index (χ4v) is 3.44. The maximum Gasteiger partial charge on any atom is 0.417 e. The van der Waals surface area contributed by atoms with Crippen molar-refractivity contribution in [1.82, 2.24) is 4.98 Å². The number of halogens is 4. The van der Waals surface area contributed by atoms with Crippen molar-refractivity contribution < 1.29 is 18.0 Å². The number of amides is 1. The summed E-state index contributed by atoms with van der Waals surface area (Å²) in [5.41, 5.74) is 4.40. The van der Waals surface area contributed by atoms with Crippen LogP contribution in [0.5, 0.6) is 0 Å². The Labute approximate surface area is 135 Å². The Morgan fingerprint density at radius 3 is 2.68 bits per heavy atom. The Bertz CT molecular complexity index is 589. The van der Waals surface area contributed by atoms with Gasteiger partial charge >= 0.3 is 6.18 Å². The number of nitrogens with zero attached hydrogens (tertiary/aromatic N) is 2. The minimum absolute atomic E-state index is 0.0655. The topological polar surface area (TPSA) is 59.2 Å². The highest BCUT2D eigenvalue weighted by Gasteiger charge is 2.40. The summed E-state index contributed by atoms with van der Waals surface area (Å²) in [5.74, 6) is -0.0273. The molecular weight excluding hydrogens is 363 g/mol. The number of aromatic nitrogens is 1. The summed E-state index contributed by atoms with van der Waals surface area (Å²) in [5, 5.41) is 0. The van der Waals surface area contributed by atoms with E-state index in [0.29, 0.717) is 12.4 Å². The molecule has 1 fully saturated rings. The van der Waals surface area contributed by atoms with E-state index in [0.717, 1.165) is 18.7 Å². The lowest BCUT2D eigenvalue weighted by Gasteiger charge is -2.26. The first-order valence-corrected chi connectivity index (χ1v) is 7.56. The maximum absolute atomic E-state index is 12.7. The SMILES string of the molecule is CC1(C)CC(CC(N)=O)N(c2ncc(C(F)(F)F)cc2Br)C1. The molecule has 2 N–H and O–H groups in total. The van der Waals surface area contributed by atoms with Crippen LogP contribution < -0.4 is 10.6 Å². The van der Waals surface area contributed by atoms with Gasteiger partial charge < -0.3 is 10.6 Å².